The molecule has 2 aliphatic rings. The van der Waals surface area contributed by atoms with Gasteiger partial charge < -0.3 is 23.8 Å². The molecule has 51 heavy (non-hydrogen) atoms. The average Bonchev–Trinajstić information content (AvgIpc) is 2.95. The van der Waals surface area contributed by atoms with Crippen molar-refractivity contribution < 1.29 is 37.7 Å². The van der Waals surface area contributed by atoms with Crippen LogP contribution in [-0.2, 0) is 23.0 Å². The summed E-state index contributed by atoms with van der Waals surface area (Å²) in [6.45, 7) is 20.9. The first kappa shape index (κ1) is 44.2. The fraction of sp³-hybridized carbons (Fsp3) is 0.439. The van der Waals surface area contributed by atoms with Gasteiger partial charge in [0.05, 0.1) is 6.10 Å². The van der Waals surface area contributed by atoms with E-state index in [1.54, 1.807) is 6.92 Å². The second kappa shape index (κ2) is 18.7. The third kappa shape index (κ3) is 15.7. The van der Waals surface area contributed by atoms with Gasteiger partial charge in [-0.15, -0.1) is 0 Å². The molecule has 2 N–H and O–H groups in total. The van der Waals surface area contributed by atoms with Crippen molar-refractivity contribution in [2.24, 2.45) is 10.8 Å². The molecular weight excluding hydrogens is 682 g/mol. The number of ketones is 1. The quantitative estimate of drug-likeness (QED) is 0.133. The second-order valence-corrected chi connectivity index (χ2v) is 17.9. The molecule has 2 rings (SSSR count). The van der Waals surface area contributed by atoms with Gasteiger partial charge in [-0.25, -0.2) is 4.57 Å². The average molecular weight is 740 g/mol. The minimum atomic E-state index is -4.52. The van der Waals surface area contributed by atoms with Crippen LogP contribution in [0.5, 0.6) is 0 Å². The lowest BCUT2D eigenvalue weighted by atomic mass is 9.71. The van der Waals surface area contributed by atoms with Crippen LogP contribution < -0.4 is 4.89 Å². The Bertz CT molecular complexity index is 1740. The standard InChI is InChI=1S/C41H58O8P2/c1-29(18-14-20-31(3)22-24-36-33(5)26-35(27-40(36,7)8)48-51(45,46)47)16-12-13-17-30(2)19-15-21-32(4)23-25-37-34(6)39(42)38(28-41(37,9)10)49-50(11,43)44/h12-25,35,38H,26-28H2,1-11H3,(H,43,44)(H2,45,46,47)/p-1/b13-12+,18-14+,19-15+,24-22+,25-23+,29-16+,30-17+,31-20+,32-21+. The maximum absolute atomic E-state index is 12.8. The lowest BCUT2D eigenvalue weighted by Crippen LogP contribution is -2.37. The van der Waals surface area contributed by atoms with Gasteiger partial charge in [0.25, 0.3) is 0 Å². The molecule has 0 bridgehead atoms. The number of hydrogen-bond acceptors (Lipinski definition) is 6. The Hall–Kier alpha value is -2.93. The lowest BCUT2D eigenvalue weighted by Gasteiger charge is -2.38. The van der Waals surface area contributed by atoms with Gasteiger partial charge in [-0.1, -0.05) is 141 Å². The molecule has 0 saturated heterocycles. The summed E-state index contributed by atoms with van der Waals surface area (Å²) in [7, 11) is -8.55. The number of rotatable bonds is 14. The van der Waals surface area contributed by atoms with Crippen LogP contribution >= 0.6 is 15.4 Å². The van der Waals surface area contributed by atoms with Crippen molar-refractivity contribution in [1.82, 2.24) is 0 Å². The van der Waals surface area contributed by atoms with Crippen molar-refractivity contribution in [3.63, 3.8) is 0 Å². The Balaban J connectivity index is 1.97. The summed E-state index contributed by atoms with van der Waals surface area (Å²) in [4.78, 5) is 42.9. The van der Waals surface area contributed by atoms with Crippen molar-refractivity contribution in [2.75, 3.05) is 6.66 Å². The van der Waals surface area contributed by atoms with Gasteiger partial charge in [0.15, 0.2) is 5.78 Å². The van der Waals surface area contributed by atoms with E-state index in [4.69, 9.17) is 9.05 Å². The summed E-state index contributed by atoms with van der Waals surface area (Å²) in [5.74, 6) is -0.287. The maximum Gasteiger partial charge on any atom is 0.469 e. The first-order chi connectivity index (χ1) is 23.4. The lowest BCUT2D eigenvalue weighted by molar-refractivity contribution is -0.201. The number of carbonyl (C=O) groups is 1. The van der Waals surface area contributed by atoms with Crippen LogP contribution in [0.4, 0.5) is 0 Å². The molecule has 0 aliphatic heterocycles. The molecule has 0 aromatic rings. The van der Waals surface area contributed by atoms with Gasteiger partial charge in [-0.2, -0.15) is 0 Å². The number of Topliss-reactive ketones (excluding diaryl/α,β-unsaturated/α-hetero) is 1. The summed E-state index contributed by atoms with van der Waals surface area (Å²) in [5, 5.41) is 0. The second-order valence-electron chi connectivity index (χ2n) is 15.0. The molecule has 0 amide bonds. The summed E-state index contributed by atoms with van der Waals surface area (Å²) >= 11 is 0. The molecule has 3 atom stereocenters. The van der Waals surface area contributed by atoms with Gasteiger partial charge >= 0.3 is 7.82 Å². The van der Waals surface area contributed by atoms with Crippen molar-refractivity contribution in [3.8, 4) is 0 Å². The highest BCUT2D eigenvalue weighted by Gasteiger charge is 2.39. The highest BCUT2D eigenvalue weighted by atomic mass is 31.2. The number of allylic oxidation sites excluding steroid dienone is 20. The third-order valence-corrected chi connectivity index (χ3v) is 10.1. The van der Waals surface area contributed by atoms with Crippen LogP contribution in [0.15, 0.2) is 130 Å². The van der Waals surface area contributed by atoms with E-state index in [0.717, 1.165) is 40.1 Å². The fourth-order valence-electron chi connectivity index (χ4n) is 6.40. The molecule has 0 spiro atoms. The van der Waals surface area contributed by atoms with Crippen LogP contribution in [0.3, 0.4) is 0 Å². The van der Waals surface area contributed by atoms with Crippen molar-refractivity contribution in [3.05, 3.63) is 130 Å². The smallest absolute Gasteiger partial charge is 0.469 e. The summed E-state index contributed by atoms with van der Waals surface area (Å²) in [6, 6.07) is 0. The summed E-state index contributed by atoms with van der Waals surface area (Å²) in [6.07, 6.45) is 28.1. The molecule has 0 radical (unpaired) electrons. The van der Waals surface area contributed by atoms with Crippen LogP contribution in [-0.4, -0.2) is 34.4 Å². The number of phosphoric acid groups is 1. The molecular formula is C41H57O8P2-. The summed E-state index contributed by atoms with van der Waals surface area (Å²) < 4.78 is 33.0. The molecule has 280 valence electrons. The number of hydrogen-bond donors (Lipinski definition) is 2. The SMILES string of the molecule is CC1=C(/C=C/C(C)=C/C=C/C(C)=C/C=C/C=C(C)/C=C/C=C(C)/C=C/C2=C(C)C(=O)C(OP(C)(=O)[O-])CC2(C)C)C(C)(C)CC(OP(=O)(O)O)C1. The van der Waals surface area contributed by atoms with Gasteiger partial charge in [-0.3, -0.25) is 9.32 Å². The molecule has 2 aliphatic carbocycles. The van der Waals surface area contributed by atoms with Crippen LogP contribution in [0.1, 0.15) is 88.5 Å². The van der Waals surface area contributed by atoms with E-state index in [1.165, 1.54) is 5.57 Å². The predicted octanol–water partition coefficient (Wildman–Crippen LogP) is 10.1. The van der Waals surface area contributed by atoms with Crippen molar-refractivity contribution in [1.29, 1.82) is 0 Å². The molecule has 0 fully saturated rings. The topological polar surface area (TPSA) is 133 Å². The van der Waals surface area contributed by atoms with Gasteiger partial charge in [0.1, 0.15) is 13.7 Å². The Labute approximate surface area is 306 Å². The van der Waals surface area contributed by atoms with Gasteiger partial charge in [0.2, 0.25) is 0 Å². The van der Waals surface area contributed by atoms with E-state index in [0.29, 0.717) is 24.8 Å². The predicted molar refractivity (Wildman–Crippen MR) is 208 cm³/mol. The highest BCUT2D eigenvalue weighted by molar-refractivity contribution is 7.50. The molecule has 0 saturated carbocycles. The fourth-order valence-corrected chi connectivity index (χ4v) is 7.57. The zero-order chi connectivity index (χ0) is 38.8. The molecule has 0 heterocycles. The minimum Gasteiger partial charge on any atom is -0.779 e. The third-order valence-electron chi connectivity index (χ3n) is 8.85. The van der Waals surface area contributed by atoms with Crippen LogP contribution in [0.2, 0.25) is 0 Å². The molecule has 10 heteroatoms. The van der Waals surface area contributed by atoms with E-state index in [9.17, 15) is 28.6 Å². The monoisotopic (exact) mass is 739 g/mol. The Kier molecular flexibility index (Phi) is 16.2. The Morgan fingerprint density at radius 3 is 1.61 bits per heavy atom. The van der Waals surface area contributed by atoms with Crippen molar-refractivity contribution >= 4 is 21.2 Å². The first-order valence-electron chi connectivity index (χ1n) is 17.1. The van der Waals surface area contributed by atoms with Gasteiger partial charge in [0, 0.05) is 6.66 Å². The zero-order valence-corrected chi connectivity index (χ0v) is 33.9. The van der Waals surface area contributed by atoms with E-state index < -0.39 is 33.0 Å². The van der Waals surface area contributed by atoms with E-state index in [1.807, 2.05) is 121 Å². The molecule has 8 nitrogen and oxygen atoms in total. The Morgan fingerprint density at radius 1 is 0.725 bits per heavy atom. The maximum atomic E-state index is 12.8. The van der Waals surface area contributed by atoms with Gasteiger partial charge in [-0.05, 0) is 88.4 Å². The van der Waals surface area contributed by atoms with Crippen LogP contribution in [0.25, 0.3) is 0 Å². The van der Waals surface area contributed by atoms with E-state index >= 15 is 0 Å². The molecule has 0 aromatic heterocycles. The zero-order valence-electron chi connectivity index (χ0n) is 32.1. The van der Waals surface area contributed by atoms with E-state index in [-0.39, 0.29) is 11.2 Å². The minimum absolute atomic E-state index is 0.267. The molecule has 0 aromatic carbocycles. The highest BCUT2D eigenvalue weighted by Crippen LogP contribution is 2.48. The largest absolute Gasteiger partial charge is 0.779 e. The molecule has 3 unspecified atom stereocenters. The summed E-state index contributed by atoms with van der Waals surface area (Å²) in [5.41, 5.74) is 7.23. The van der Waals surface area contributed by atoms with Crippen molar-refractivity contribution in [2.45, 2.75) is 101 Å². The first-order valence-corrected chi connectivity index (χ1v) is 20.7. The van der Waals surface area contributed by atoms with E-state index in [2.05, 4.69) is 26.0 Å². The normalized spacial score (nSPS) is 24.4. The van der Waals surface area contributed by atoms with Crippen LogP contribution in [0, 0.1) is 10.8 Å². The number of phosphoric ester groups is 1. The Morgan fingerprint density at radius 2 is 1.16 bits per heavy atom. The number of carbonyl (C=O) groups excluding carboxylic acids is 1.